The number of ether oxygens (including phenoxy) is 1. The van der Waals surface area contributed by atoms with E-state index in [0.29, 0.717) is 11.3 Å². The van der Waals surface area contributed by atoms with Crippen LogP contribution >= 0.6 is 0 Å². The van der Waals surface area contributed by atoms with Crippen molar-refractivity contribution in [3.63, 3.8) is 0 Å². The molecule has 0 aliphatic heterocycles. The van der Waals surface area contributed by atoms with Crippen molar-refractivity contribution < 1.29 is 9.13 Å². The molecule has 0 spiro atoms. The Morgan fingerprint density at radius 2 is 2.06 bits per heavy atom. The molecule has 0 aliphatic rings. The predicted molar refractivity (Wildman–Crippen MR) is 68.1 cm³/mol. The second-order valence-electron chi connectivity index (χ2n) is 4.16. The summed E-state index contributed by atoms with van der Waals surface area (Å²) in [6.45, 7) is 3.98. The molecular formula is C14H15FN2O. The van der Waals surface area contributed by atoms with Gasteiger partial charge in [-0.3, -0.25) is 0 Å². The van der Waals surface area contributed by atoms with Crippen molar-refractivity contribution in [2.75, 3.05) is 0 Å². The Labute approximate surface area is 105 Å². The number of benzene rings is 1. The molecule has 0 fully saturated rings. The van der Waals surface area contributed by atoms with Gasteiger partial charge in [0.2, 0.25) is 0 Å². The van der Waals surface area contributed by atoms with Crippen molar-refractivity contribution in [2.24, 2.45) is 5.73 Å². The summed E-state index contributed by atoms with van der Waals surface area (Å²) in [7, 11) is 0. The number of rotatable bonds is 3. The Morgan fingerprint density at radius 3 is 2.78 bits per heavy atom. The fourth-order valence-electron chi connectivity index (χ4n) is 1.61. The van der Waals surface area contributed by atoms with Gasteiger partial charge >= 0.3 is 0 Å². The molecule has 0 saturated heterocycles. The van der Waals surface area contributed by atoms with Crippen LogP contribution in [-0.4, -0.2) is 4.98 Å². The minimum Gasteiger partial charge on any atom is -0.436 e. The average Bonchev–Trinajstić information content (AvgIpc) is 2.36. The molecule has 0 atom stereocenters. The zero-order chi connectivity index (χ0) is 13.1. The fraction of sp³-hybridized carbons (Fsp3) is 0.214. The summed E-state index contributed by atoms with van der Waals surface area (Å²) in [6.07, 6.45) is 1.49. The lowest BCUT2D eigenvalue weighted by Gasteiger charge is -2.10. The number of aryl methyl sites for hydroxylation is 2. The van der Waals surface area contributed by atoms with Crippen molar-refractivity contribution in [1.82, 2.24) is 4.98 Å². The number of hydrogen-bond acceptors (Lipinski definition) is 3. The van der Waals surface area contributed by atoms with Gasteiger partial charge in [0, 0.05) is 18.3 Å². The van der Waals surface area contributed by atoms with E-state index in [0.717, 1.165) is 11.1 Å². The summed E-state index contributed by atoms with van der Waals surface area (Å²) in [6, 6.07) is 7.30. The van der Waals surface area contributed by atoms with Gasteiger partial charge in [0.05, 0.1) is 0 Å². The average molecular weight is 246 g/mol. The molecule has 0 saturated carbocycles. The summed E-state index contributed by atoms with van der Waals surface area (Å²) in [5.74, 6) is 0.0723. The maximum Gasteiger partial charge on any atom is 0.256 e. The van der Waals surface area contributed by atoms with Crippen molar-refractivity contribution in [1.29, 1.82) is 0 Å². The van der Waals surface area contributed by atoms with Crippen LogP contribution in [0, 0.1) is 19.7 Å². The third-order valence-corrected chi connectivity index (χ3v) is 2.71. The molecule has 0 unspecified atom stereocenters. The molecule has 1 aromatic heterocycles. The Morgan fingerprint density at radius 1 is 1.28 bits per heavy atom. The van der Waals surface area contributed by atoms with Gasteiger partial charge in [-0.2, -0.15) is 0 Å². The van der Waals surface area contributed by atoms with Crippen LogP contribution in [0.1, 0.15) is 16.7 Å². The third kappa shape index (κ3) is 2.49. The Hall–Kier alpha value is -1.94. The van der Waals surface area contributed by atoms with E-state index in [1.807, 2.05) is 32.0 Å². The molecule has 3 nitrogen and oxygen atoms in total. The molecule has 0 aliphatic carbocycles. The van der Waals surface area contributed by atoms with Crippen molar-refractivity contribution in [3.8, 4) is 11.6 Å². The number of nitrogens with two attached hydrogens (primary N) is 1. The van der Waals surface area contributed by atoms with Gasteiger partial charge in [-0.25, -0.2) is 9.37 Å². The molecular weight excluding hydrogens is 231 g/mol. The SMILES string of the molecule is Cc1ccc(C)c(Oc2nccc(CN)c2F)c1. The van der Waals surface area contributed by atoms with Gasteiger partial charge in [0.15, 0.2) is 5.82 Å². The smallest absolute Gasteiger partial charge is 0.256 e. The second kappa shape index (κ2) is 5.14. The normalized spacial score (nSPS) is 10.4. The van der Waals surface area contributed by atoms with Crippen molar-refractivity contribution in [2.45, 2.75) is 20.4 Å². The number of halogens is 1. The van der Waals surface area contributed by atoms with Crippen LogP contribution < -0.4 is 10.5 Å². The zero-order valence-corrected chi connectivity index (χ0v) is 10.4. The molecule has 94 valence electrons. The van der Waals surface area contributed by atoms with E-state index in [4.69, 9.17) is 10.5 Å². The standard InChI is InChI=1S/C14H15FN2O/c1-9-3-4-10(2)12(7-9)18-14-13(15)11(8-16)5-6-17-14/h3-7H,8,16H2,1-2H3. The quantitative estimate of drug-likeness (QED) is 0.905. The van der Waals surface area contributed by atoms with E-state index in [2.05, 4.69) is 4.98 Å². The first kappa shape index (κ1) is 12.5. The lowest BCUT2D eigenvalue weighted by molar-refractivity contribution is 0.416. The first-order valence-electron chi connectivity index (χ1n) is 5.70. The van der Waals surface area contributed by atoms with Crippen LogP contribution in [-0.2, 0) is 6.54 Å². The molecule has 0 bridgehead atoms. The highest BCUT2D eigenvalue weighted by molar-refractivity contribution is 5.39. The van der Waals surface area contributed by atoms with E-state index in [9.17, 15) is 4.39 Å². The van der Waals surface area contributed by atoms with Gasteiger partial charge in [0.25, 0.3) is 5.88 Å². The topological polar surface area (TPSA) is 48.1 Å². The lowest BCUT2D eigenvalue weighted by Crippen LogP contribution is -2.03. The molecule has 2 N–H and O–H groups in total. The first-order valence-corrected chi connectivity index (χ1v) is 5.70. The summed E-state index contributed by atoms with van der Waals surface area (Å²) in [4.78, 5) is 3.90. The van der Waals surface area contributed by atoms with Gasteiger partial charge in [-0.1, -0.05) is 12.1 Å². The highest BCUT2D eigenvalue weighted by Crippen LogP contribution is 2.27. The van der Waals surface area contributed by atoms with Gasteiger partial charge in [0.1, 0.15) is 5.75 Å². The van der Waals surface area contributed by atoms with Gasteiger partial charge in [-0.05, 0) is 37.1 Å². The minimum atomic E-state index is -0.499. The monoisotopic (exact) mass is 246 g/mol. The number of pyridine rings is 1. The summed E-state index contributed by atoms with van der Waals surface area (Å²) >= 11 is 0. The van der Waals surface area contributed by atoms with Gasteiger partial charge < -0.3 is 10.5 Å². The molecule has 2 rings (SSSR count). The maximum absolute atomic E-state index is 13.9. The summed E-state index contributed by atoms with van der Waals surface area (Å²) in [5, 5.41) is 0. The molecule has 0 amide bonds. The second-order valence-corrected chi connectivity index (χ2v) is 4.16. The number of hydrogen-bond donors (Lipinski definition) is 1. The molecule has 2 aromatic rings. The van der Waals surface area contributed by atoms with Crippen LogP contribution in [0.3, 0.4) is 0 Å². The van der Waals surface area contributed by atoms with Crippen LogP contribution in [0.5, 0.6) is 11.6 Å². The maximum atomic E-state index is 13.9. The van der Waals surface area contributed by atoms with Crippen LogP contribution in [0.25, 0.3) is 0 Å². The van der Waals surface area contributed by atoms with Crippen LogP contribution in [0.2, 0.25) is 0 Å². The summed E-state index contributed by atoms with van der Waals surface area (Å²) in [5.41, 5.74) is 7.82. The van der Waals surface area contributed by atoms with Crippen molar-refractivity contribution in [3.05, 3.63) is 53.0 Å². The fourth-order valence-corrected chi connectivity index (χ4v) is 1.61. The van der Waals surface area contributed by atoms with E-state index in [1.165, 1.54) is 6.20 Å². The third-order valence-electron chi connectivity index (χ3n) is 2.71. The largest absolute Gasteiger partial charge is 0.436 e. The molecule has 1 aromatic carbocycles. The van der Waals surface area contributed by atoms with Crippen molar-refractivity contribution >= 4 is 0 Å². The minimum absolute atomic E-state index is 0.0355. The predicted octanol–water partition coefficient (Wildman–Crippen LogP) is 3.09. The van der Waals surface area contributed by atoms with Crippen LogP contribution in [0.15, 0.2) is 30.5 Å². The van der Waals surface area contributed by atoms with Gasteiger partial charge in [-0.15, -0.1) is 0 Å². The highest BCUT2D eigenvalue weighted by Gasteiger charge is 2.11. The Kier molecular flexibility index (Phi) is 3.58. The Bertz CT molecular complexity index is 570. The summed E-state index contributed by atoms with van der Waals surface area (Å²) < 4.78 is 19.4. The molecule has 1 heterocycles. The van der Waals surface area contributed by atoms with E-state index in [-0.39, 0.29) is 12.4 Å². The molecule has 4 heteroatoms. The number of nitrogens with zero attached hydrogens (tertiary/aromatic N) is 1. The van der Waals surface area contributed by atoms with E-state index < -0.39 is 5.82 Å². The zero-order valence-electron chi connectivity index (χ0n) is 10.4. The lowest BCUT2D eigenvalue weighted by atomic mass is 10.1. The van der Waals surface area contributed by atoms with Crippen LogP contribution in [0.4, 0.5) is 4.39 Å². The highest BCUT2D eigenvalue weighted by atomic mass is 19.1. The Balaban J connectivity index is 2.37. The molecule has 0 radical (unpaired) electrons. The molecule has 18 heavy (non-hydrogen) atoms. The van der Waals surface area contributed by atoms with E-state index >= 15 is 0 Å². The first-order chi connectivity index (χ1) is 8.61. The van der Waals surface area contributed by atoms with E-state index in [1.54, 1.807) is 6.07 Å². The number of aromatic nitrogens is 1.